The molecule has 0 radical (unpaired) electrons. The van der Waals surface area contributed by atoms with Crippen molar-refractivity contribution in [2.75, 3.05) is 18.0 Å². The number of hydrogen-bond donors (Lipinski definition) is 1. The first kappa shape index (κ1) is 27.2. The number of imide groups is 1. The number of carbonyl (C=O) groups is 3. The van der Waals surface area contributed by atoms with E-state index in [1.54, 1.807) is 48.5 Å². The van der Waals surface area contributed by atoms with E-state index >= 15 is 0 Å². The van der Waals surface area contributed by atoms with Gasteiger partial charge >= 0.3 is 6.03 Å². The van der Waals surface area contributed by atoms with Gasteiger partial charge in [-0.15, -0.1) is 0 Å². The van der Waals surface area contributed by atoms with Gasteiger partial charge in [0.25, 0.3) is 21.8 Å². The lowest BCUT2D eigenvalue weighted by Gasteiger charge is -2.29. The number of hydrogen-bond acceptors (Lipinski definition) is 5. The predicted octanol–water partition coefficient (Wildman–Crippen LogP) is 5.89. The first-order valence-corrected chi connectivity index (χ1v) is 15.0. The molecule has 210 valence electrons. The smallest absolute Gasteiger partial charge is 0.293 e. The lowest BCUT2D eigenvalue weighted by molar-refractivity contribution is 0.0610. The minimum Gasteiger partial charge on any atom is -0.293 e. The topological polar surface area (TPSA) is 104 Å². The number of nitrogens with one attached hydrogen (secondary N) is 1. The zero-order valence-corrected chi connectivity index (χ0v) is 23.6. The molecular weight excluding hydrogens is 550 g/mol. The molecule has 1 N–H and O–H groups in total. The SMILES string of the molecule is Cc1ccc(S(=O)(=O)NC(=O)N(CCCN2C(=O)c3cccc4cccc(c34)C2=O)c2cccc3ccccc23)cc1. The second kappa shape index (κ2) is 10.8. The van der Waals surface area contributed by atoms with Crippen LogP contribution in [0.2, 0.25) is 0 Å². The van der Waals surface area contributed by atoms with Crippen LogP contribution in [0.3, 0.4) is 0 Å². The molecule has 6 rings (SSSR count). The monoisotopic (exact) mass is 577 g/mol. The van der Waals surface area contributed by atoms with E-state index in [4.69, 9.17) is 0 Å². The van der Waals surface area contributed by atoms with Gasteiger partial charge in [-0.25, -0.2) is 17.9 Å². The molecule has 9 heteroatoms. The van der Waals surface area contributed by atoms with Crippen LogP contribution in [0.15, 0.2) is 108 Å². The van der Waals surface area contributed by atoms with Crippen LogP contribution in [0.5, 0.6) is 0 Å². The van der Waals surface area contributed by atoms with Gasteiger partial charge in [-0.1, -0.05) is 78.4 Å². The molecule has 0 spiro atoms. The highest BCUT2D eigenvalue weighted by Gasteiger charge is 2.33. The van der Waals surface area contributed by atoms with Gasteiger partial charge in [0.05, 0.1) is 10.6 Å². The average Bonchev–Trinajstić information content (AvgIpc) is 2.99. The summed E-state index contributed by atoms with van der Waals surface area (Å²) in [5.41, 5.74) is 2.31. The number of benzene rings is 5. The maximum atomic E-state index is 13.6. The number of fused-ring (bicyclic) bond motifs is 1. The molecule has 0 aromatic heterocycles. The van der Waals surface area contributed by atoms with Crippen LogP contribution in [-0.4, -0.2) is 44.3 Å². The molecule has 5 aromatic rings. The molecule has 0 atom stereocenters. The Hall–Kier alpha value is -5.02. The van der Waals surface area contributed by atoms with Gasteiger partial charge in [0.15, 0.2) is 0 Å². The second-order valence-corrected chi connectivity index (χ2v) is 11.9. The summed E-state index contributed by atoms with van der Waals surface area (Å²) in [7, 11) is -4.16. The Labute approximate surface area is 243 Å². The molecule has 4 amide bonds. The summed E-state index contributed by atoms with van der Waals surface area (Å²) in [6.45, 7) is 1.93. The Morgan fingerprint density at radius 2 is 1.36 bits per heavy atom. The molecule has 1 aliphatic rings. The largest absolute Gasteiger partial charge is 0.335 e. The molecule has 1 heterocycles. The van der Waals surface area contributed by atoms with Crippen LogP contribution in [0.1, 0.15) is 32.7 Å². The molecular formula is C33H27N3O5S. The van der Waals surface area contributed by atoms with Gasteiger partial charge in [0, 0.05) is 35.0 Å². The van der Waals surface area contributed by atoms with Crippen molar-refractivity contribution in [2.45, 2.75) is 18.2 Å². The van der Waals surface area contributed by atoms with Gasteiger partial charge in [-0.3, -0.25) is 19.4 Å². The number of nitrogens with zero attached hydrogens (tertiary/aromatic N) is 2. The number of urea groups is 1. The molecule has 5 aromatic carbocycles. The number of sulfonamides is 1. The van der Waals surface area contributed by atoms with Gasteiger partial charge in [0.2, 0.25) is 0 Å². The normalized spacial score (nSPS) is 13.0. The molecule has 8 nitrogen and oxygen atoms in total. The average molecular weight is 578 g/mol. The van der Waals surface area contributed by atoms with Crippen LogP contribution >= 0.6 is 0 Å². The summed E-state index contributed by atoms with van der Waals surface area (Å²) in [6.07, 6.45) is 0.219. The van der Waals surface area contributed by atoms with Crippen LogP contribution in [0, 0.1) is 6.92 Å². The Balaban J connectivity index is 1.28. The van der Waals surface area contributed by atoms with Crippen molar-refractivity contribution in [3.8, 4) is 0 Å². The molecule has 42 heavy (non-hydrogen) atoms. The lowest BCUT2D eigenvalue weighted by Crippen LogP contribution is -2.45. The maximum Gasteiger partial charge on any atom is 0.335 e. The van der Waals surface area contributed by atoms with Crippen molar-refractivity contribution in [1.82, 2.24) is 9.62 Å². The zero-order chi connectivity index (χ0) is 29.4. The summed E-state index contributed by atoms with van der Waals surface area (Å²) in [5, 5.41) is 3.10. The Morgan fingerprint density at radius 1 is 0.762 bits per heavy atom. The van der Waals surface area contributed by atoms with E-state index < -0.39 is 27.9 Å². The third-order valence-electron chi connectivity index (χ3n) is 7.47. The fourth-order valence-corrected chi connectivity index (χ4v) is 6.34. The van der Waals surface area contributed by atoms with Crippen molar-refractivity contribution in [2.24, 2.45) is 0 Å². The van der Waals surface area contributed by atoms with Crippen molar-refractivity contribution in [3.63, 3.8) is 0 Å². The van der Waals surface area contributed by atoms with E-state index in [-0.39, 0.29) is 24.4 Å². The summed E-state index contributed by atoms with van der Waals surface area (Å²) in [5.74, 6) is -0.792. The molecule has 0 saturated heterocycles. The van der Waals surface area contributed by atoms with E-state index in [1.165, 1.54) is 21.9 Å². The number of anilines is 1. The predicted molar refractivity (Wildman–Crippen MR) is 162 cm³/mol. The summed E-state index contributed by atoms with van der Waals surface area (Å²) in [4.78, 5) is 42.9. The molecule has 0 unspecified atom stereocenters. The standard InChI is InChI=1S/C33H27N3O5S/c1-22-16-18-25(19-17-22)42(40,41)34-33(39)35(29-15-6-9-23-8-2-3-12-26(23)29)20-7-21-36-31(37)27-13-4-10-24-11-5-14-28(30(24)27)32(36)38/h2-6,8-19H,7,20-21H2,1H3,(H,34,39). The van der Waals surface area contributed by atoms with E-state index in [0.717, 1.165) is 21.7 Å². The van der Waals surface area contributed by atoms with Crippen LogP contribution in [0.4, 0.5) is 10.5 Å². The molecule has 0 bridgehead atoms. The quantitative estimate of drug-likeness (QED) is 0.243. The summed E-state index contributed by atoms with van der Waals surface area (Å²) < 4.78 is 28.4. The number of carbonyl (C=O) groups excluding carboxylic acids is 3. The molecule has 1 aliphatic heterocycles. The van der Waals surface area contributed by atoms with Crippen LogP contribution in [0.25, 0.3) is 21.5 Å². The number of aryl methyl sites for hydroxylation is 1. The third-order valence-corrected chi connectivity index (χ3v) is 8.81. The van der Waals surface area contributed by atoms with E-state index in [1.807, 2.05) is 49.4 Å². The third kappa shape index (κ3) is 4.88. The first-order valence-electron chi connectivity index (χ1n) is 13.5. The fourth-order valence-electron chi connectivity index (χ4n) is 5.39. The van der Waals surface area contributed by atoms with Gasteiger partial charge < -0.3 is 0 Å². The molecule has 0 aliphatic carbocycles. The van der Waals surface area contributed by atoms with Crippen molar-refractivity contribution < 1.29 is 22.8 Å². The van der Waals surface area contributed by atoms with Crippen molar-refractivity contribution in [1.29, 1.82) is 0 Å². The number of rotatable bonds is 7. The first-order chi connectivity index (χ1) is 20.2. The van der Waals surface area contributed by atoms with E-state index in [0.29, 0.717) is 22.2 Å². The van der Waals surface area contributed by atoms with Gasteiger partial charge in [0.1, 0.15) is 0 Å². The van der Waals surface area contributed by atoms with E-state index in [2.05, 4.69) is 4.72 Å². The Kier molecular flexibility index (Phi) is 6.96. The highest BCUT2D eigenvalue weighted by molar-refractivity contribution is 7.90. The Bertz CT molecular complexity index is 1930. The highest BCUT2D eigenvalue weighted by atomic mass is 32.2. The van der Waals surface area contributed by atoms with Gasteiger partial charge in [-0.2, -0.15) is 0 Å². The summed E-state index contributed by atoms with van der Waals surface area (Å²) in [6, 6.07) is 29.0. The zero-order valence-electron chi connectivity index (χ0n) is 22.8. The maximum absolute atomic E-state index is 13.6. The molecule has 0 saturated carbocycles. The Morgan fingerprint density at radius 3 is 2.05 bits per heavy atom. The minimum atomic E-state index is -4.16. The molecule has 0 fully saturated rings. The van der Waals surface area contributed by atoms with E-state index in [9.17, 15) is 22.8 Å². The minimum absolute atomic E-state index is 0.0309. The fraction of sp³-hybridized carbons (Fsp3) is 0.121. The second-order valence-electron chi connectivity index (χ2n) is 10.2. The number of amides is 4. The highest BCUT2D eigenvalue weighted by Crippen LogP contribution is 2.31. The summed E-state index contributed by atoms with van der Waals surface area (Å²) >= 11 is 0. The van der Waals surface area contributed by atoms with Crippen molar-refractivity contribution >= 4 is 55.1 Å². The van der Waals surface area contributed by atoms with Crippen LogP contribution < -0.4 is 9.62 Å². The van der Waals surface area contributed by atoms with Crippen molar-refractivity contribution in [3.05, 3.63) is 120 Å². The van der Waals surface area contributed by atoms with Crippen LogP contribution in [-0.2, 0) is 10.0 Å². The lowest BCUT2D eigenvalue weighted by atomic mass is 9.94. The van der Waals surface area contributed by atoms with Gasteiger partial charge in [-0.05, 0) is 54.4 Å².